The first-order valence-electron chi connectivity index (χ1n) is 8.07. The first kappa shape index (κ1) is 19.5. The fourth-order valence-corrected chi connectivity index (χ4v) is 4.33. The third kappa shape index (κ3) is 3.62. The van der Waals surface area contributed by atoms with Crippen molar-refractivity contribution in [3.63, 3.8) is 0 Å². The average Bonchev–Trinajstić information content (AvgIpc) is 3.26. The molecule has 150 valence electrons. The molecule has 0 saturated heterocycles. The molecule has 11 heteroatoms. The van der Waals surface area contributed by atoms with Crippen molar-refractivity contribution in [1.82, 2.24) is 14.8 Å². The van der Waals surface area contributed by atoms with Crippen LogP contribution in [0, 0.1) is 5.82 Å². The second-order valence-corrected chi connectivity index (χ2v) is 9.21. The van der Waals surface area contributed by atoms with E-state index in [1.807, 2.05) is 0 Å². The van der Waals surface area contributed by atoms with Crippen LogP contribution in [0.5, 0.6) is 0 Å². The van der Waals surface area contributed by atoms with Gasteiger partial charge in [-0.2, -0.15) is 18.3 Å². The zero-order valence-corrected chi connectivity index (χ0v) is 16.2. The minimum absolute atomic E-state index is 0.0185. The molecule has 0 atom stereocenters. The zero-order chi connectivity index (χ0) is 21.0. The second kappa shape index (κ2) is 6.63. The molecule has 0 fully saturated rings. The third-order valence-electron chi connectivity index (χ3n) is 4.10. The summed E-state index contributed by atoms with van der Waals surface area (Å²) in [6.45, 7) is 0. The lowest BCUT2D eigenvalue weighted by atomic mass is 10.3. The van der Waals surface area contributed by atoms with E-state index >= 15 is 0 Å². The fraction of sp³-hybridized carbons (Fsp3) is 0.111. The number of rotatable bonds is 3. The summed E-state index contributed by atoms with van der Waals surface area (Å²) < 4.78 is 78.3. The lowest BCUT2D eigenvalue weighted by molar-refractivity contribution is -0.141. The van der Waals surface area contributed by atoms with Gasteiger partial charge in [0.2, 0.25) is 0 Å². The standard InChI is InChI=1S/C18H11F4N3O2S2/c1-29(26,27)11-7-5-10(6-8-11)25-14(9-15(24-25)18(20,21)22)17-23-13-4-2-3-12(19)16(13)28-17/h2-9H,1H3. The molecule has 2 aromatic carbocycles. The number of sulfone groups is 1. The highest BCUT2D eigenvalue weighted by molar-refractivity contribution is 7.90. The van der Waals surface area contributed by atoms with E-state index in [1.54, 1.807) is 6.07 Å². The quantitative estimate of drug-likeness (QED) is 0.432. The fourth-order valence-electron chi connectivity index (χ4n) is 2.73. The van der Waals surface area contributed by atoms with Gasteiger partial charge in [-0.3, -0.25) is 0 Å². The number of halogens is 4. The minimum atomic E-state index is -4.70. The number of hydrogen-bond acceptors (Lipinski definition) is 5. The summed E-state index contributed by atoms with van der Waals surface area (Å²) in [5.74, 6) is -0.522. The molecule has 0 saturated carbocycles. The van der Waals surface area contributed by atoms with Crippen LogP contribution in [0.15, 0.2) is 53.4 Å². The highest BCUT2D eigenvalue weighted by Gasteiger charge is 2.35. The molecule has 0 unspecified atom stereocenters. The van der Waals surface area contributed by atoms with Crippen LogP contribution in [0.25, 0.3) is 26.6 Å². The van der Waals surface area contributed by atoms with Crippen molar-refractivity contribution in [3.05, 3.63) is 60.0 Å². The summed E-state index contributed by atoms with van der Waals surface area (Å²) in [4.78, 5) is 4.26. The molecule has 29 heavy (non-hydrogen) atoms. The number of thiazole rings is 1. The normalized spacial score (nSPS) is 12.6. The Labute approximate surface area is 166 Å². The van der Waals surface area contributed by atoms with E-state index in [4.69, 9.17) is 0 Å². The Morgan fingerprint density at radius 1 is 1.07 bits per heavy atom. The van der Waals surface area contributed by atoms with E-state index in [1.165, 1.54) is 36.4 Å². The van der Waals surface area contributed by atoms with Crippen molar-refractivity contribution in [2.45, 2.75) is 11.1 Å². The molecular weight excluding hydrogens is 430 g/mol. The molecule has 4 aromatic rings. The summed E-state index contributed by atoms with van der Waals surface area (Å²) >= 11 is 0.907. The molecule has 0 radical (unpaired) electrons. The molecule has 0 bridgehead atoms. The van der Waals surface area contributed by atoms with Crippen LogP contribution in [0.1, 0.15) is 5.69 Å². The van der Waals surface area contributed by atoms with Gasteiger partial charge in [0.1, 0.15) is 16.5 Å². The molecule has 0 aliphatic heterocycles. The number of alkyl halides is 3. The summed E-state index contributed by atoms with van der Waals surface area (Å²) in [5, 5.41) is 3.78. The molecule has 4 rings (SSSR count). The van der Waals surface area contributed by atoms with Gasteiger partial charge in [0.25, 0.3) is 0 Å². The Morgan fingerprint density at radius 2 is 1.76 bits per heavy atom. The van der Waals surface area contributed by atoms with Crippen LogP contribution in [0.2, 0.25) is 0 Å². The van der Waals surface area contributed by atoms with Gasteiger partial charge in [0.05, 0.1) is 20.8 Å². The number of aromatic nitrogens is 3. The average molecular weight is 441 g/mol. The molecule has 5 nitrogen and oxygen atoms in total. The Morgan fingerprint density at radius 3 is 2.34 bits per heavy atom. The van der Waals surface area contributed by atoms with Gasteiger partial charge >= 0.3 is 6.18 Å². The van der Waals surface area contributed by atoms with Gasteiger partial charge in [0.15, 0.2) is 15.5 Å². The Kier molecular flexibility index (Phi) is 4.46. The van der Waals surface area contributed by atoms with Crippen LogP contribution in [-0.2, 0) is 16.0 Å². The minimum Gasteiger partial charge on any atom is -0.234 e. The molecular formula is C18H11F4N3O2S2. The van der Waals surface area contributed by atoms with Crippen molar-refractivity contribution >= 4 is 31.4 Å². The molecule has 2 aromatic heterocycles. The molecule has 0 N–H and O–H groups in total. The van der Waals surface area contributed by atoms with Crippen LogP contribution in [0.3, 0.4) is 0 Å². The van der Waals surface area contributed by atoms with E-state index in [-0.39, 0.29) is 26.0 Å². The van der Waals surface area contributed by atoms with E-state index in [9.17, 15) is 26.0 Å². The Hall–Kier alpha value is -2.79. The second-order valence-electron chi connectivity index (χ2n) is 6.20. The van der Waals surface area contributed by atoms with Crippen LogP contribution in [0.4, 0.5) is 17.6 Å². The maximum atomic E-state index is 14.0. The van der Waals surface area contributed by atoms with E-state index < -0.39 is 27.5 Å². The van der Waals surface area contributed by atoms with Gasteiger partial charge in [0, 0.05) is 6.26 Å². The maximum Gasteiger partial charge on any atom is 0.435 e. The van der Waals surface area contributed by atoms with Crippen molar-refractivity contribution in [2.75, 3.05) is 6.26 Å². The summed E-state index contributed by atoms with van der Waals surface area (Å²) in [7, 11) is -3.47. The molecule has 0 spiro atoms. The summed E-state index contributed by atoms with van der Waals surface area (Å²) in [6, 6.07) is 10.4. The summed E-state index contributed by atoms with van der Waals surface area (Å²) in [6.07, 6.45) is -3.67. The molecule has 0 aliphatic rings. The predicted molar refractivity (Wildman–Crippen MR) is 100 cm³/mol. The van der Waals surface area contributed by atoms with Crippen molar-refractivity contribution < 1.29 is 26.0 Å². The van der Waals surface area contributed by atoms with E-state index in [0.717, 1.165) is 28.3 Å². The third-order valence-corrected chi connectivity index (χ3v) is 6.33. The summed E-state index contributed by atoms with van der Waals surface area (Å²) in [5.41, 5.74) is -0.592. The number of nitrogens with zero attached hydrogens (tertiary/aromatic N) is 3. The van der Waals surface area contributed by atoms with Gasteiger partial charge in [-0.1, -0.05) is 6.07 Å². The zero-order valence-electron chi connectivity index (χ0n) is 14.6. The van der Waals surface area contributed by atoms with Gasteiger partial charge in [-0.25, -0.2) is 22.5 Å². The lowest BCUT2D eigenvalue weighted by Gasteiger charge is -2.07. The van der Waals surface area contributed by atoms with Crippen molar-refractivity contribution in [1.29, 1.82) is 0 Å². The molecule has 0 amide bonds. The first-order valence-corrected chi connectivity index (χ1v) is 10.8. The van der Waals surface area contributed by atoms with E-state index in [0.29, 0.717) is 5.52 Å². The molecule has 0 aliphatic carbocycles. The number of hydrogen-bond donors (Lipinski definition) is 0. The Bertz CT molecular complexity index is 1320. The lowest BCUT2D eigenvalue weighted by Crippen LogP contribution is -2.07. The van der Waals surface area contributed by atoms with Gasteiger partial charge < -0.3 is 0 Å². The first-order chi connectivity index (χ1) is 13.5. The predicted octanol–water partition coefficient (Wildman–Crippen LogP) is 4.71. The van der Waals surface area contributed by atoms with Crippen LogP contribution >= 0.6 is 11.3 Å². The van der Waals surface area contributed by atoms with Crippen LogP contribution in [-0.4, -0.2) is 29.4 Å². The smallest absolute Gasteiger partial charge is 0.234 e. The molecule has 2 heterocycles. The topological polar surface area (TPSA) is 64.8 Å². The monoisotopic (exact) mass is 441 g/mol. The largest absolute Gasteiger partial charge is 0.435 e. The number of fused-ring (bicyclic) bond motifs is 1. The van der Waals surface area contributed by atoms with Crippen molar-refractivity contribution in [2.24, 2.45) is 0 Å². The SMILES string of the molecule is CS(=O)(=O)c1ccc(-n2nc(C(F)(F)F)cc2-c2nc3cccc(F)c3s2)cc1. The number of benzene rings is 2. The maximum absolute atomic E-state index is 14.0. The van der Waals surface area contributed by atoms with Gasteiger partial charge in [-0.05, 0) is 42.5 Å². The van der Waals surface area contributed by atoms with Crippen LogP contribution < -0.4 is 0 Å². The highest BCUT2D eigenvalue weighted by Crippen LogP contribution is 2.37. The van der Waals surface area contributed by atoms with Crippen molar-refractivity contribution in [3.8, 4) is 16.4 Å². The van der Waals surface area contributed by atoms with E-state index in [2.05, 4.69) is 10.1 Å². The Balaban J connectivity index is 1.91. The van der Waals surface area contributed by atoms with Gasteiger partial charge in [-0.15, -0.1) is 11.3 Å². The highest BCUT2D eigenvalue weighted by atomic mass is 32.2.